The van der Waals surface area contributed by atoms with E-state index >= 15 is 0 Å². The Morgan fingerprint density at radius 1 is 1.47 bits per heavy atom. The third-order valence-corrected chi connectivity index (χ3v) is 3.46. The molecule has 0 saturated carbocycles. The predicted octanol–water partition coefficient (Wildman–Crippen LogP) is 0.499. The van der Waals surface area contributed by atoms with Gasteiger partial charge in [0, 0.05) is 32.2 Å². The molecule has 3 heterocycles. The molecule has 0 unspecified atom stereocenters. The molecule has 2 aliphatic heterocycles. The summed E-state index contributed by atoms with van der Waals surface area (Å²) < 4.78 is 7.25. The van der Waals surface area contributed by atoms with Crippen molar-refractivity contribution in [1.82, 2.24) is 15.1 Å². The first-order valence-electron chi connectivity index (χ1n) is 5.89. The molecule has 1 aromatic rings. The molecule has 2 saturated heterocycles. The van der Waals surface area contributed by atoms with E-state index in [-0.39, 0.29) is 11.7 Å². The fraction of sp³-hybridized carbons (Fsp3) is 0.636. The van der Waals surface area contributed by atoms with E-state index < -0.39 is 0 Å². The van der Waals surface area contributed by atoms with E-state index in [0.717, 1.165) is 25.9 Å². The molecule has 0 aromatic carbocycles. The lowest BCUT2D eigenvalue weighted by molar-refractivity contribution is 0.0316. The molecule has 1 aromatic heterocycles. The molecule has 0 aliphatic carbocycles. The van der Waals surface area contributed by atoms with E-state index in [1.165, 1.54) is 0 Å². The zero-order valence-electron chi connectivity index (χ0n) is 9.85. The highest BCUT2D eigenvalue weighted by atomic mass is 16.6. The quantitative estimate of drug-likeness (QED) is 0.771. The summed E-state index contributed by atoms with van der Waals surface area (Å²) in [5, 5.41) is 7.53. The normalized spacial score (nSPS) is 23.1. The van der Waals surface area contributed by atoms with Gasteiger partial charge >= 0.3 is 6.09 Å². The first kappa shape index (κ1) is 10.6. The van der Waals surface area contributed by atoms with Crippen LogP contribution in [0.5, 0.6) is 0 Å². The number of ether oxygens (including phenoxy) is 1. The molecule has 1 spiro atoms. The highest BCUT2D eigenvalue weighted by Crippen LogP contribution is 2.33. The van der Waals surface area contributed by atoms with Crippen molar-refractivity contribution in [2.45, 2.75) is 18.4 Å². The lowest BCUT2D eigenvalue weighted by atomic mass is 9.92. The monoisotopic (exact) mass is 236 g/mol. The summed E-state index contributed by atoms with van der Waals surface area (Å²) in [6, 6.07) is 1.83. The van der Waals surface area contributed by atoms with Gasteiger partial charge in [0.1, 0.15) is 5.60 Å². The molecule has 1 N–H and O–H groups in total. The first-order chi connectivity index (χ1) is 8.19. The van der Waals surface area contributed by atoms with Gasteiger partial charge in [0.05, 0.1) is 6.54 Å². The fourth-order valence-electron chi connectivity index (χ4n) is 2.49. The number of rotatable bonds is 1. The van der Waals surface area contributed by atoms with Crippen LogP contribution in [0.4, 0.5) is 10.6 Å². The Bertz CT molecular complexity index is 436. The highest BCUT2D eigenvalue weighted by molar-refractivity contribution is 5.89. The van der Waals surface area contributed by atoms with Gasteiger partial charge in [-0.15, -0.1) is 0 Å². The molecular weight excluding hydrogens is 220 g/mol. The van der Waals surface area contributed by atoms with Crippen molar-refractivity contribution in [3.8, 4) is 0 Å². The number of hydrogen-bond acceptors (Lipinski definition) is 4. The van der Waals surface area contributed by atoms with Crippen molar-refractivity contribution in [3.05, 3.63) is 12.3 Å². The lowest BCUT2D eigenvalue weighted by Crippen LogP contribution is -2.44. The molecule has 2 fully saturated rings. The van der Waals surface area contributed by atoms with Gasteiger partial charge in [-0.1, -0.05) is 0 Å². The fourth-order valence-corrected chi connectivity index (χ4v) is 2.49. The second-order valence-corrected chi connectivity index (χ2v) is 4.73. The van der Waals surface area contributed by atoms with Gasteiger partial charge in [0.25, 0.3) is 0 Å². The van der Waals surface area contributed by atoms with E-state index in [9.17, 15) is 4.79 Å². The standard InChI is InChI=1S/C11H16N4O2/c1-14-7-2-9(13-14)15-8-11(17-10(15)16)3-5-12-6-4-11/h2,7,12H,3-6,8H2,1H3. The van der Waals surface area contributed by atoms with E-state index in [2.05, 4.69) is 10.4 Å². The first-order valence-corrected chi connectivity index (χ1v) is 5.89. The molecule has 1 amide bonds. The van der Waals surface area contributed by atoms with Crippen LogP contribution in [0.25, 0.3) is 0 Å². The molecule has 0 bridgehead atoms. The maximum absolute atomic E-state index is 11.9. The van der Waals surface area contributed by atoms with Gasteiger partial charge in [-0.25, -0.2) is 4.79 Å². The maximum atomic E-state index is 11.9. The van der Waals surface area contributed by atoms with Gasteiger partial charge < -0.3 is 10.1 Å². The van der Waals surface area contributed by atoms with E-state index in [1.807, 2.05) is 19.3 Å². The molecule has 0 radical (unpaired) electrons. The molecule has 92 valence electrons. The molecule has 0 atom stereocenters. The van der Waals surface area contributed by atoms with Crippen LogP contribution in [-0.2, 0) is 11.8 Å². The molecule has 2 aliphatic rings. The topological polar surface area (TPSA) is 59.4 Å². The SMILES string of the molecule is Cn1ccc(N2CC3(CCNCC3)OC2=O)n1. The third kappa shape index (κ3) is 1.78. The Kier molecular flexibility index (Phi) is 2.32. The van der Waals surface area contributed by atoms with Gasteiger partial charge in [0.2, 0.25) is 0 Å². The Morgan fingerprint density at radius 2 is 2.24 bits per heavy atom. The summed E-state index contributed by atoms with van der Waals surface area (Å²) in [5.41, 5.74) is -0.306. The van der Waals surface area contributed by atoms with Crippen LogP contribution in [0.1, 0.15) is 12.8 Å². The van der Waals surface area contributed by atoms with Crippen LogP contribution >= 0.6 is 0 Å². The van der Waals surface area contributed by atoms with Gasteiger partial charge in [-0.2, -0.15) is 5.10 Å². The average molecular weight is 236 g/mol. The van der Waals surface area contributed by atoms with E-state index in [4.69, 9.17) is 4.74 Å². The van der Waals surface area contributed by atoms with Crippen LogP contribution < -0.4 is 10.2 Å². The van der Waals surface area contributed by atoms with Gasteiger partial charge in [-0.05, 0) is 13.1 Å². The van der Waals surface area contributed by atoms with Crippen LogP contribution in [-0.4, -0.2) is 41.1 Å². The minimum Gasteiger partial charge on any atom is -0.440 e. The van der Waals surface area contributed by atoms with Crippen molar-refractivity contribution in [2.75, 3.05) is 24.5 Å². The Balaban J connectivity index is 1.82. The van der Waals surface area contributed by atoms with Crippen LogP contribution in [0.2, 0.25) is 0 Å². The number of hydrogen-bond donors (Lipinski definition) is 1. The highest BCUT2D eigenvalue weighted by Gasteiger charge is 2.46. The number of carbonyl (C=O) groups is 1. The number of anilines is 1. The zero-order valence-corrected chi connectivity index (χ0v) is 9.85. The number of piperidine rings is 1. The van der Waals surface area contributed by atoms with Crippen molar-refractivity contribution >= 4 is 11.9 Å². The largest absolute Gasteiger partial charge is 0.440 e. The molecule has 17 heavy (non-hydrogen) atoms. The van der Waals surface area contributed by atoms with Crippen molar-refractivity contribution in [3.63, 3.8) is 0 Å². The minimum atomic E-state index is -0.306. The summed E-state index contributed by atoms with van der Waals surface area (Å²) in [7, 11) is 1.84. The molecule has 3 rings (SSSR count). The molecular formula is C11H16N4O2. The number of nitrogens with zero attached hydrogens (tertiary/aromatic N) is 3. The van der Waals surface area contributed by atoms with Crippen LogP contribution in [0, 0.1) is 0 Å². The number of aromatic nitrogens is 2. The third-order valence-electron chi connectivity index (χ3n) is 3.46. The average Bonchev–Trinajstić information content (AvgIpc) is 2.85. The summed E-state index contributed by atoms with van der Waals surface area (Å²) in [5.74, 6) is 0.674. The summed E-state index contributed by atoms with van der Waals surface area (Å²) in [6.07, 6.45) is 3.31. The maximum Gasteiger partial charge on any atom is 0.416 e. The lowest BCUT2D eigenvalue weighted by Gasteiger charge is -2.31. The molecule has 6 nitrogen and oxygen atoms in total. The predicted molar refractivity (Wildman–Crippen MR) is 61.9 cm³/mol. The van der Waals surface area contributed by atoms with Crippen LogP contribution in [0.15, 0.2) is 12.3 Å². The van der Waals surface area contributed by atoms with Gasteiger partial charge in [-0.3, -0.25) is 9.58 Å². The second-order valence-electron chi connectivity index (χ2n) is 4.73. The summed E-state index contributed by atoms with van der Waals surface area (Å²) in [6.45, 7) is 2.43. The zero-order chi connectivity index (χ0) is 11.9. The van der Waals surface area contributed by atoms with E-state index in [1.54, 1.807) is 9.58 Å². The molecule has 6 heteroatoms. The number of aryl methyl sites for hydroxylation is 1. The Labute approximate surface area is 99.5 Å². The Morgan fingerprint density at radius 3 is 2.88 bits per heavy atom. The van der Waals surface area contributed by atoms with Crippen molar-refractivity contribution < 1.29 is 9.53 Å². The second kappa shape index (κ2) is 3.73. The number of nitrogens with one attached hydrogen (secondary N) is 1. The minimum absolute atomic E-state index is 0.273. The van der Waals surface area contributed by atoms with Crippen LogP contribution in [0.3, 0.4) is 0 Å². The van der Waals surface area contributed by atoms with Crippen molar-refractivity contribution in [1.29, 1.82) is 0 Å². The Hall–Kier alpha value is -1.56. The number of amides is 1. The summed E-state index contributed by atoms with van der Waals surface area (Å²) in [4.78, 5) is 13.5. The summed E-state index contributed by atoms with van der Waals surface area (Å²) >= 11 is 0. The van der Waals surface area contributed by atoms with E-state index in [0.29, 0.717) is 12.4 Å². The van der Waals surface area contributed by atoms with Gasteiger partial charge in [0.15, 0.2) is 5.82 Å². The smallest absolute Gasteiger partial charge is 0.416 e. The number of carbonyl (C=O) groups excluding carboxylic acids is 1. The van der Waals surface area contributed by atoms with Crippen molar-refractivity contribution in [2.24, 2.45) is 7.05 Å².